The first-order valence-electron chi connectivity index (χ1n) is 8.63. The Kier molecular flexibility index (Phi) is 7.12. The Balaban J connectivity index is 0.00000243. The molecule has 2 heterocycles. The van der Waals surface area contributed by atoms with Gasteiger partial charge in [-0.15, -0.1) is 12.4 Å². The van der Waals surface area contributed by atoms with Crippen LogP contribution in [0.1, 0.15) is 19.4 Å². The molecule has 6 nitrogen and oxygen atoms in total. The molecule has 2 aliphatic heterocycles. The van der Waals surface area contributed by atoms with Crippen LogP contribution in [0.3, 0.4) is 0 Å². The maximum Gasteiger partial charge on any atom is 0.241 e. The molecule has 0 unspecified atom stereocenters. The van der Waals surface area contributed by atoms with Gasteiger partial charge in [0, 0.05) is 42.4 Å². The van der Waals surface area contributed by atoms with Crippen molar-refractivity contribution in [2.75, 3.05) is 43.4 Å². The smallest absolute Gasteiger partial charge is 0.241 e. The maximum atomic E-state index is 12.8. The minimum Gasteiger partial charge on any atom is -0.312 e. The summed E-state index contributed by atoms with van der Waals surface area (Å²) < 4.78 is 25.2. The Hall–Kier alpha value is -0.670. The zero-order chi connectivity index (χ0) is 18.2. The monoisotopic (exact) mass is 465 g/mol. The predicted molar refractivity (Wildman–Crippen MR) is 109 cm³/mol. The third-order valence-electron chi connectivity index (χ3n) is 4.86. The number of nitrogens with one attached hydrogen (secondary N) is 1. The molecule has 1 saturated heterocycles. The van der Waals surface area contributed by atoms with Gasteiger partial charge in [0.25, 0.3) is 0 Å². The molecule has 9 heteroatoms. The summed E-state index contributed by atoms with van der Waals surface area (Å²) in [5.41, 5.74) is 1.76. The molecule has 0 aromatic heterocycles. The lowest BCUT2D eigenvalue weighted by molar-refractivity contribution is -0.119. The van der Waals surface area contributed by atoms with E-state index in [0.717, 1.165) is 37.3 Å². The molecular weight excluding hydrogens is 442 g/mol. The SMILES string of the molecule is CCS(=O)(=O)c1cc2c(cc1Br)CCN2C(=O)CN1CCN[C@H](C)C1.Cl. The van der Waals surface area contributed by atoms with Crippen molar-refractivity contribution in [3.05, 3.63) is 22.2 Å². The van der Waals surface area contributed by atoms with E-state index in [2.05, 4.69) is 33.1 Å². The predicted octanol–water partition coefficient (Wildman–Crippen LogP) is 1.85. The first-order valence-corrected chi connectivity index (χ1v) is 11.1. The van der Waals surface area contributed by atoms with Gasteiger partial charge < -0.3 is 10.2 Å². The van der Waals surface area contributed by atoms with Gasteiger partial charge in [-0.25, -0.2) is 8.42 Å². The quantitative estimate of drug-likeness (QED) is 0.733. The van der Waals surface area contributed by atoms with Crippen molar-refractivity contribution in [2.24, 2.45) is 0 Å². The summed E-state index contributed by atoms with van der Waals surface area (Å²) in [5, 5.41) is 3.37. The summed E-state index contributed by atoms with van der Waals surface area (Å²) in [6, 6.07) is 3.88. The number of rotatable bonds is 4. The molecule has 146 valence electrons. The van der Waals surface area contributed by atoms with Gasteiger partial charge in [0.1, 0.15) is 0 Å². The van der Waals surface area contributed by atoms with E-state index >= 15 is 0 Å². The lowest BCUT2D eigenvalue weighted by Crippen LogP contribution is -2.52. The fraction of sp³-hybridized carbons (Fsp3) is 0.588. The molecule has 26 heavy (non-hydrogen) atoms. The third-order valence-corrected chi connectivity index (χ3v) is 7.54. The number of amides is 1. The van der Waals surface area contributed by atoms with Crippen molar-refractivity contribution in [3.63, 3.8) is 0 Å². The highest BCUT2D eigenvalue weighted by Crippen LogP contribution is 2.35. The van der Waals surface area contributed by atoms with Crippen LogP contribution in [0.4, 0.5) is 5.69 Å². The van der Waals surface area contributed by atoms with E-state index in [1.807, 2.05) is 6.07 Å². The minimum absolute atomic E-state index is 0. The summed E-state index contributed by atoms with van der Waals surface area (Å²) in [6.07, 6.45) is 0.754. The van der Waals surface area contributed by atoms with Crippen molar-refractivity contribution < 1.29 is 13.2 Å². The zero-order valence-corrected chi connectivity index (χ0v) is 18.2. The van der Waals surface area contributed by atoms with Gasteiger partial charge in [0.2, 0.25) is 5.91 Å². The van der Waals surface area contributed by atoms with Crippen LogP contribution in [0.25, 0.3) is 0 Å². The lowest BCUT2D eigenvalue weighted by atomic mass is 10.2. The maximum absolute atomic E-state index is 12.8. The molecule has 1 atom stereocenters. The number of hydrogen-bond acceptors (Lipinski definition) is 5. The first-order chi connectivity index (χ1) is 11.8. The first kappa shape index (κ1) is 21.6. The summed E-state index contributed by atoms with van der Waals surface area (Å²) in [7, 11) is -3.34. The Morgan fingerprint density at radius 3 is 2.73 bits per heavy atom. The van der Waals surface area contributed by atoms with Crippen LogP contribution in [0.5, 0.6) is 0 Å². The van der Waals surface area contributed by atoms with Gasteiger partial charge in [0.05, 0.1) is 17.2 Å². The number of anilines is 1. The fourth-order valence-electron chi connectivity index (χ4n) is 3.47. The Morgan fingerprint density at radius 1 is 1.35 bits per heavy atom. The van der Waals surface area contributed by atoms with Gasteiger partial charge in [-0.2, -0.15) is 0 Å². The molecule has 0 aliphatic carbocycles. The van der Waals surface area contributed by atoms with Crippen LogP contribution in [-0.4, -0.2) is 63.7 Å². The fourth-order valence-corrected chi connectivity index (χ4v) is 5.56. The summed E-state index contributed by atoms with van der Waals surface area (Å²) in [4.78, 5) is 17.0. The number of fused-ring (bicyclic) bond motifs is 1. The molecule has 1 fully saturated rings. The molecule has 0 radical (unpaired) electrons. The summed E-state index contributed by atoms with van der Waals surface area (Å²) in [5.74, 6) is 0.0757. The average Bonchev–Trinajstić information content (AvgIpc) is 2.96. The molecule has 2 aliphatic rings. The van der Waals surface area contributed by atoms with E-state index in [4.69, 9.17) is 0 Å². The Bertz CT molecular complexity index is 788. The second-order valence-electron chi connectivity index (χ2n) is 6.70. The largest absolute Gasteiger partial charge is 0.312 e. The van der Waals surface area contributed by atoms with E-state index in [1.54, 1.807) is 17.9 Å². The molecule has 1 aromatic rings. The molecule has 1 N–H and O–H groups in total. The van der Waals surface area contributed by atoms with Crippen LogP contribution < -0.4 is 10.2 Å². The molecule has 0 saturated carbocycles. The van der Waals surface area contributed by atoms with Crippen molar-refractivity contribution in [3.8, 4) is 0 Å². The molecular formula is C17H25BrClN3O3S. The summed E-state index contributed by atoms with van der Waals surface area (Å²) in [6.45, 7) is 7.31. The van der Waals surface area contributed by atoms with Crippen molar-refractivity contribution in [2.45, 2.75) is 31.2 Å². The number of halogens is 2. The van der Waals surface area contributed by atoms with Crippen LogP contribution >= 0.6 is 28.3 Å². The van der Waals surface area contributed by atoms with Gasteiger partial charge >= 0.3 is 0 Å². The molecule has 1 aromatic carbocycles. The molecule has 0 spiro atoms. The molecule has 0 bridgehead atoms. The van der Waals surface area contributed by atoms with Crippen molar-refractivity contribution in [1.29, 1.82) is 0 Å². The van der Waals surface area contributed by atoms with Gasteiger partial charge in [-0.05, 0) is 47.0 Å². The third kappa shape index (κ3) is 4.42. The number of carbonyl (C=O) groups is 1. The standard InChI is InChI=1S/C17H24BrN3O3S.ClH/c1-3-25(23,24)16-9-15-13(8-14(16)18)4-6-21(15)17(22)11-20-7-5-19-12(2)10-20;/h8-9,12,19H,3-7,10-11H2,1-2H3;1H/t12-;/m1./s1. The zero-order valence-electron chi connectivity index (χ0n) is 15.0. The molecule has 1 amide bonds. The minimum atomic E-state index is -3.34. The van der Waals surface area contributed by atoms with E-state index in [9.17, 15) is 13.2 Å². The second-order valence-corrected chi connectivity index (χ2v) is 9.80. The molecule has 3 rings (SSSR count). The van der Waals surface area contributed by atoms with Crippen molar-refractivity contribution in [1.82, 2.24) is 10.2 Å². The van der Waals surface area contributed by atoms with Gasteiger partial charge in [-0.1, -0.05) is 6.92 Å². The Morgan fingerprint density at radius 2 is 2.08 bits per heavy atom. The van der Waals surface area contributed by atoms with Crippen LogP contribution in [0, 0.1) is 0 Å². The number of sulfone groups is 1. The van der Waals surface area contributed by atoms with Crippen LogP contribution in [0.2, 0.25) is 0 Å². The van der Waals surface area contributed by atoms with E-state index in [0.29, 0.717) is 23.6 Å². The van der Waals surface area contributed by atoms with Crippen LogP contribution in [-0.2, 0) is 21.1 Å². The van der Waals surface area contributed by atoms with E-state index in [1.165, 1.54) is 0 Å². The normalized spacial score (nSPS) is 20.6. The van der Waals surface area contributed by atoms with E-state index in [-0.39, 0.29) is 29.0 Å². The number of hydrogen-bond donors (Lipinski definition) is 1. The van der Waals surface area contributed by atoms with Crippen molar-refractivity contribution >= 4 is 49.8 Å². The van der Waals surface area contributed by atoms with Gasteiger partial charge in [-0.3, -0.25) is 9.69 Å². The van der Waals surface area contributed by atoms with Gasteiger partial charge in [0.15, 0.2) is 9.84 Å². The highest BCUT2D eigenvalue weighted by molar-refractivity contribution is 9.10. The Labute approximate surface area is 169 Å². The highest BCUT2D eigenvalue weighted by Gasteiger charge is 2.29. The lowest BCUT2D eigenvalue weighted by Gasteiger charge is -2.32. The number of carbonyl (C=O) groups excluding carboxylic acids is 1. The van der Waals surface area contributed by atoms with Crippen LogP contribution in [0.15, 0.2) is 21.5 Å². The average molecular weight is 467 g/mol. The second kappa shape index (κ2) is 8.56. The summed E-state index contributed by atoms with van der Waals surface area (Å²) >= 11 is 3.37. The number of nitrogens with zero attached hydrogens (tertiary/aromatic N) is 2. The van der Waals surface area contributed by atoms with E-state index < -0.39 is 9.84 Å². The highest BCUT2D eigenvalue weighted by atomic mass is 79.9. The number of benzene rings is 1. The topological polar surface area (TPSA) is 69.7 Å². The number of piperazine rings is 1.